The van der Waals surface area contributed by atoms with E-state index in [4.69, 9.17) is 4.74 Å². The van der Waals surface area contributed by atoms with Crippen LogP contribution in [0.5, 0.6) is 0 Å². The van der Waals surface area contributed by atoms with Crippen LogP contribution in [0.3, 0.4) is 0 Å². The van der Waals surface area contributed by atoms with Crippen LogP contribution in [0.2, 0.25) is 0 Å². The number of hydrogen-bond acceptors (Lipinski definition) is 4. The molecule has 3 aromatic rings. The van der Waals surface area contributed by atoms with Crippen molar-refractivity contribution in [2.45, 2.75) is 25.9 Å². The van der Waals surface area contributed by atoms with Gasteiger partial charge in [-0.25, -0.2) is 4.79 Å². The second-order valence-corrected chi connectivity index (χ2v) is 7.92. The van der Waals surface area contributed by atoms with Gasteiger partial charge in [-0.05, 0) is 47.9 Å². The second kappa shape index (κ2) is 10.1. The molecule has 6 heteroatoms. The van der Waals surface area contributed by atoms with Crippen LogP contribution in [0.1, 0.15) is 34.5 Å². The molecule has 164 valence electrons. The van der Waals surface area contributed by atoms with E-state index in [0.717, 1.165) is 24.3 Å². The number of hydrogen-bond donors (Lipinski definition) is 2. The van der Waals surface area contributed by atoms with Crippen LogP contribution in [-0.2, 0) is 4.74 Å². The summed E-state index contributed by atoms with van der Waals surface area (Å²) in [5.41, 5.74) is 3.35. The van der Waals surface area contributed by atoms with Gasteiger partial charge in [0.1, 0.15) is 0 Å². The Morgan fingerprint density at radius 3 is 2.77 bits per heavy atom. The molecule has 31 heavy (non-hydrogen) atoms. The Labute approximate surface area is 189 Å². The predicted molar refractivity (Wildman–Crippen MR) is 128 cm³/mol. The Bertz CT molecular complexity index is 1050. The van der Waals surface area contributed by atoms with Gasteiger partial charge in [0.25, 0.3) is 0 Å². The van der Waals surface area contributed by atoms with Crippen molar-refractivity contribution in [1.82, 2.24) is 5.32 Å². The third kappa shape index (κ3) is 5.01. The summed E-state index contributed by atoms with van der Waals surface area (Å²) in [6.45, 7) is 6.77. The first kappa shape index (κ1) is 23.1. The fourth-order valence-corrected chi connectivity index (χ4v) is 4.23. The predicted octanol–water partition coefficient (Wildman–Crippen LogP) is 4.82. The van der Waals surface area contributed by atoms with Crippen molar-refractivity contribution in [3.8, 4) is 0 Å². The quantitative estimate of drug-likeness (QED) is 0.575. The summed E-state index contributed by atoms with van der Waals surface area (Å²) in [5.74, 6) is -0.887. The molecule has 0 aliphatic carbocycles. The molecule has 5 nitrogen and oxygen atoms in total. The summed E-state index contributed by atoms with van der Waals surface area (Å²) in [6.07, 6.45) is 0. The first-order chi connectivity index (χ1) is 14.5. The number of nitrogens with zero attached hydrogens (tertiary/aromatic N) is 1. The van der Waals surface area contributed by atoms with Crippen LogP contribution in [0.15, 0.2) is 60.7 Å². The minimum Gasteiger partial charge on any atom is -0.478 e. The van der Waals surface area contributed by atoms with Gasteiger partial charge in [0.2, 0.25) is 0 Å². The van der Waals surface area contributed by atoms with Crippen LogP contribution < -0.4 is 10.2 Å². The lowest BCUT2D eigenvalue weighted by Crippen LogP contribution is -2.51. The van der Waals surface area contributed by atoms with Crippen molar-refractivity contribution in [3.05, 3.63) is 77.4 Å². The van der Waals surface area contributed by atoms with Crippen LogP contribution in [-0.4, -0.2) is 43.4 Å². The number of anilines is 1. The smallest absolute Gasteiger partial charge is 0.336 e. The Balaban J connectivity index is 0.00000272. The third-order valence-electron chi connectivity index (χ3n) is 5.96. The van der Waals surface area contributed by atoms with Gasteiger partial charge in [-0.1, -0.05) is 48.5 Å². The highest BCUT2D eigenvalue weighted by Gasteiger charge is 2.25. The fraction of sp³-hybridized carbons (Fsp3) is 0.320. The Morgan fingerprint density at radius 1 is 1.19 bits per heavy atom. The molecule has 0 aromatic heterocycles. The molecule has 0 bridgehead atoms. The van der Waals surface area contributed by atoms with Crippen LogP contribution in [0.25, 0.3) is 10.8 Å². The SMILES string of the molecule is Cc1ccc(N2CCOCC2CN[C@H](C)c2cccc3ccccc23)cc1C(=O)O.Cl. The van der Waals surface area contributed by atoms with E-state index in [-0.39, 0.29) is 24.5 Å². The monoisotopic (exact) mass is 440 g/mol. The molecule has 0 radical (unpaired) electrons. The number of rotatable bonds is 6. The summed E-state index contributed by atoms with van der Waals surface area (Å²) in [7, 11) is 0. The molecule has 0 saturated carbocycles. The lowest BCUT2D eigenvalue weighted by Gasteiger charge is -2.38. The number of carboxylic acids is 1. The Hall–Kier alpha value is -2.60. The number of carbonyl (C=O) groups is 1. The number of benzene rings is 3. The summed E-state index contributed by atoms with van der Waals surface area (Å²) in [6, 6.07) is 20.9. The normalized spacial score (nSPS) is 17.2. The topological polar surface area (TPSA) is 61.8 Å². The first-order valence-electron chi connectivity index (χ1n) is 10.4. The highest BCUT2D eigenvalue weighted by Crippen LogP contribution is 2.26. The molecule has 3 aromatic carbocycles. The lowest BCUT2D eigenvalue weighted by molar-refractivity contribution is 0.0696. The molecular formula is C25H29ClN2O3. The highest BCUT2D eigenvalue weighted by atomic mass is 35.5. The van der Waals surface area contributed by atoms with Gasteiger partial charge in [0, 0.05) is 24.8 Å². The number of aryl methyl sites for hydroxylation is 1. The minimum absolute atomic E-state index is 0. The van der Waals surface area contributed by atoms with Gasteiger partial charge in [0.15, 0.2) is 0 Å². The molecule has 2 N–H and O–H groups in total. The number of halogens is 1. The maximum absolute atomic E-state index is 11.6. The van der Waals surface area contributed by atoms with E-state index in [1.54, 1.807) is 6.07 Å². The summed E-state index contributed by atoms with van der Waals surface area (Å²) in [4.78, 5) is 13.8. The molecule has 1 fully saturated rings. The maximum atomic E-state index is 11.6. The van der Waals surface area contributed by atoms with Crippen molar-refractivity contribution in [3.63, 3.8) is 0 Å². The zero-order chi connectivity index (χ0) is 21.1. The molecule has 2 atom stereocenters. The molecule has 1 aliphatic heterocycles. The van der Waals surface area contributed by atoms with Crippen molar-refractivity contribution in [2.75, 3.05) is 31.2 Å². The van der Waals surface area contributed by atoms with Crippen LogP contribution >= 0.6 is 12.4 Å². The van der Waals surface area contributed by atoms with Crippen molar-refractivity contribution in [2.24, 2.45) is 0 Å². The molecule has 4 rings (SSSR count). The Morgan fingerprint density at radius 2 is 1.97 bits per heavy atom. The van der Waals surface area contributed by atoms with E-state index in [9.17, 15) is 9.90 Å². The van der Waals surface area contributed by atoms with E-state index in [2.05, 4.69) is 59.6 Å². The minimum atomic E-state index is -0.887. The van der Waals surface area contributed by atoms with Gasteiger partial charge < -0.3 is 20.1 Å². The summed E-state index contributed by atoms with van der Waals surface area (Å²) < 4.78 is 5.75. The largest absolute Gasteiger partial charge is 0.478 e. The van der Waals surface area contributed by atoms with Gasteiger partial charge >= 0.3 is 5.97 Å². The highest BCUT2D eigenvalue weighted by molar-refractivity contribution is 5.90. The number of fused-ring (bicyclic) bond motifs is 1. The van der Waals surface area contributed by atoms with E-state index in [1.807, 2.05) is 19.1 Å². The molecule has 0 spiro atoms. The maximum Gasteiger partial charge on any atom is 0.336 e. The summed E-state index contributed by atoms with van der Waals surface area (Å²) >= 11 is 0. The van der Waals surface area contributed by atoms with Gasteiger partial charge in [-0.2, -0.15) is 0 Å². The van der Waals surface area contributed by atoms with Gasteiger partial charge in [0.05, 0.1) is 24.8 Å². The van der Waals surface area contributed by atoms with Crippen molar-refractivity contribution < 1.29 is 14.6 Å². The van der Waals surface area contributed by atoms with Gasteiger partial charge in [-0.15, -0.1) is 12.4 Å². The molecule has 1 unspecified atom stereocenters. The lowest BCUT2D eigenvalue weighted by atomic mass is 9.99. The number of carboxylic acid groups (broad SMARTS) is 1. The van der Waals surface area contributed by atoms with Crippen molar-refractivity contribution in [1.29, 1.82) is 0 Å². The van der Waals surface area contributed by atoms with Gasteiger partial charge in [-0.3, -0.25) is 0 Å². The fourth-order valence-electron chi connectivity index (χ4n) is 4.23. The third-order valence-corrected chi connectivity index (χ3v) is 5.96. The number of nitrogens with one attached hydrogen (secondary N) is 1. The number of morpholine rings is 1. The van der Waals surface area contributed by atoms with E-state index >= 15 is 0 Å². The van der Waals surface area contributed by atoms with E-state index in [0.29, 0.717) is 18.8 Å². The van der Waals surface area contributed by atoms with Crippen LogP contribution in [0, 0.1) is 6.92 Å². The molecule has 1 heterocycles. The zero-order valence-corrected chi connectivity index (χ0v) is 18.7. The van der Waals surface area contributed by atoms with Crippen LogP contribution in [0.4, 0.5) is 5.69 Å². The van der Waals surface area contributed by atoms with Crippen molar-refractivity contribution >= 4 is 34.8 Å². The van der Waals surface area contributed by atoms with E-state index in [1.165, 1.54) is 16.3 Å². The standard InChI is InChI=1S/C25H28N2O3.ClH/c1-17-10-11-20(14-24(17)25(28)29)27-12-13-30-16-21(27)15-26-18(2)22-9-5-7-19-6-3-4-8-23(19)22;/h3-11,14,18,21,26H,12-13,15-16H2,1-2H3,(H,28,29);1H/t18-,21?;/m1./s1. The summed E-state index contributed by atoms with van der Waals surface area (Å²) in [5, 5.41) is 15.7. The molecule has 1 saturated heterocycles. The number of aromatic carboxylic acids is 1. The zero-order valence-electron chi connectivity index (χ0n) is 17.9. The van der Waals surface area contributed by atoms with E-state index < -0.39 is 5.97 Å². The average Bonchev–Trinajstić information content (AvgIpc) is 2.77. The molecular weight excluding hydrogens is 412 g/mol. The second-order valence-electron chi connectivity index (χ2n) is 7.92. The molecule has 0 amide bonds. The Kier molecular flexibility index (Phi) is 7.55. The number of ether oxygens (including phenoxy) is 1. The average molecular weight is 441 g/mol. The molecule has 1 aliphatic rings. The first-order valence-corrected chi connectivity index (χ1v) is 10.4.